The van der Waals surface area contributed by atoms with Crippen molar-refractivity contribution in [1.29, 1.82) is 0 Å². The zero-order valence-electron chi connectivity index (χ0n) is 13.3. The van der Waals surface area contributed by atoms with Crippen LogP contribution in [-0.4, -0.2) is 16.7 Å². The number of benzene rings is 1. The van der Waals surface area contributed by atoms with Crippen LogP contribution in [-0.2, 0) is 6.54 Å². The zero-order valence-corrected chi connectivity index (χ0v) is 14.9. The van der Waals surface area contributed by atoms with E-state index in [0.29, 0.717) is 0 Å². The fourth-order valence-electron chi connectivity index (χ4n) is 2.61. The number of nitrogens with zero attached hydrogens (tertiary/aromatic N) is 2. The summed E-state index contributed by atoms with van der Waals surface area (Å²) >= 11 is 3.55. The molecule has 2 aromatic heterocycles. The summed E-state index contributed by atoms with van der Waals surface area (Å²) < 4.78 is 0. The highest BCUT2D eigenvalue weighted by Crippen LogP contribution is 2.29. The lowest BCUT2D eigenvalue weighted by Gasteiger charge is -2.08. The summed E-state index contributed by atoms with van der Waals surface area (Å²) in [6.45, 7) is 3.02. The normalized spacial score (nSPS) is 18.7. The Hall–Kier alpha value is -1.95. The molecule has 1 atom stereocenters. The molecule has 120 valence electrons. The fraction of sp³-hybridized carbons (Fsp3) is 0.158. The first kappa shape index (κ1) is 15.6. The van der Waals surface area contributed by atoms with Gasteiger partial charge in [0.05, 0.1) is 5.52 Å². The first-order valence-corrected chi connectivity index (χ1v) is 9.56. The van der Waals surface area contributed by atoms with Crippen molar-refractivity contribution in [2.75, 3.05) is 0 Å². The molecule has 0 saturated heterocycles. The van der Waals surface area contributed by atoms with Crippen LogP contribution in [0.4, 0.5) is 0 Å². The Bertz CT molecular complexity index is 927. The molecule has 0 bridgehead atoms. The fourth-order valence-corrected chi connectivity index (χ4v) is 4.34. The molecule has 1 aromatic carbocycles. The van der Waals surface area contributed by atoms with Crippen molar-refractivity contribution < 1.29 is 0 Å². The standard InChI is InChI=1S/C19H17N3S2/c1-13-6-8-23-18(13)12-22-19-21-11-16(24-19)10-14-4-5-17-15(9-14)3-2-7-20-17/h2-11,19,22H,12H2,1H3/b16-10-. The number of aliphatic imine (C=N–C) groups is 1. The quantitative estimate of drug-likeness (QED) is 0.731. The first-order valence-electron chi connectivity index (χ1n) is 7.81. The zero-order chi connectivity index (χ0) is 16.4. The molecule has 5 heteroatoms. The molecule has 3 nitrogen and oxygen atoms in total. The van der Waals surface area contributed by atoms with Crippen LogP contribution in [0.3, 0.4) is 0 Å². The van der Waals surface area contributed by atoms with E-state index in [2.05, 4.69) is 64.0 Å². The maximum Gasteiger partial charge on any atom is 0.151 e. The van der Waals surface area contributed by atoms with Gasteiger partial charge >= 0.3 is 0 Å². The highest BCUT2D eigenvalue weighted by molar-refractivity contribution is 8.04. The van der Waals surface area contributed by atoms with Crippen molar-refractivity contribution in [2.24, 2.45) is 4.99 Å². The second-order valence-corrected chi connectivity index (χ2v) is 7.81. The summed E-state index contributed by atoms with van der Waals surface area (Å²) in [5.74, 6) is 0. The number of hydrogen-bond acceptors (Lipinski definition) is 5. The lowest BCUT2D eigenvalue weighted by Crippen LogP contribution is -2.21. The van der Waals surface area contributed by atoms with E-state index in [-0.39, 0.29) is 5.50 Å². The smallest absolute Gasteiger partial charge is 0.151 e. The molecular formula is C19H17N3S2. The third kappa shape index (κ3) is 3.43. The summed E-state index contributed by atoms with van der Waals surface area (Å²) in [4.78, 5) is 11.5. The number of pyridine rings is 1. The molecule has 0 fully saturated rings. The maximum absolute atomic E-state index is 4.56. The van der Waals surface area contributed by atoms with Crippen LogP contribution in [0.2, 0.25) is 0 Å². The Labute approximate surface area is 149 Å². The van der Waals surface area contributed by atoms with Crippen LogP contribution in [0.15, 0.2) is 57.9 Å². The van der Waals surface area contributed by atoms with E-state index in [1.54, 1.807) is 23.1 Å². The van der Waals surface area contributed by atoms with Crippen molar-refractivity contribution >= 4 is 46.3 Å². The minimum absolute atomic E-state index is 0.0971. The maximum atomic E-state index is 4.56. The van der Waals surface area contributed by atoms with Crippen LogP contribution in [0.5, 0.6) is 0 Å². The van der Waals surface area contributed by atoms with E-state index in [1.165, 1.54) is 20.9 Å². The third-order valence-corrected chi connectivity index (χ3v) is 5.96. The van der Waals surface area contributed by atoms with Crippen LogP contribution in [0, 0.1) is 6.92 Å². The Morgan fingerprint density at radius 1 is 1.25 bits per heavy atom. The van der Waals surface area contributed by atoms with Gasteiger partial charge in [-0.1, -0.05) is 23.9 Å². The van der Waals surface area contributed by atoms with Crippen molar-refractivity contribution in [3.05, 3.63) is 68.9 Å². The number of nitrogens with one attached hydrogen (secondary N) is 1. The van der Waals surface area contributed by atoms with Crippen molar-refractivity contribution in [1.82, 2.24) is 10.3 Å². The van der Waals surface area contributed by atoms with Gasteiger partial charge in [-0.05, 0) is 53.8 Å². The van der Waals surface area contributed by atoms with Crippen LogP contribution in [0.25, 0.3) is 17.0 Å². The number of aryl methyl sites for hydroxylation is 1. The second kappa shape index (κ2) is 6.89. The molecule has 0 aliphatic carbocycles. The average molecular weight is 352 g/mol. The number of aromatic nitrogens is 1. The Kier molecular flexibility index (Phi) is 4.47. The SMILES string of the molecule is Cc1ccsc1CNC1N=C/C(=C/c2ccc3ncccc3c2)S1. The Balaban J connectivity index is 1.43. The summed E-state index contributed by atoms with van der Waals surface area (Å²) in [5.41, 5.74) is 3.65. The molecule has 0 radical (unpaired) electrons. The van der Waals surface area contributed by atoms with Crippen molar-refractivity contribution in [3.63, 3.8) is 0 Å². The van der Waals surface area contributed by atoms with Crippen LogP contribution >= 0.6 is 23.1 Å². The molecule has 3 heterocycles. The Morgan fingerprint density at radius 2 is 2.21 bits per heavy atom. The lowest BCUT2D eigenvalue weighted by molar-refractivity contribution is 0.681. The second-order valence-electron chi connectivity index (χ2n) is 5.66. The van der Waals surface area contributed by atoms with E-state index in [0.717, 1.165) is 17.4 Å². The van der Waals surface area contributed by atoms with E-state index in [1.807, 2.05) is 18.5 Å². The van der Waals surface area contributed by atoms with Crippen LogP contribution in [0.1, 0.15) is 16.0 Å². The predicted molar refractivity (Wildman–Crippen MR) is 105 cm³/mol. The van der Waals surface area contributed by atoms with Crippen molar-refractivity contribution in [2.45, 2.75) is 19.0 Å². The molecule has 4 rings (SSSR count). The number of thiophene rings is 1. The molecule has 1 aliphatic heterocycles. The molecule has 0 spiro atoms. The first-order chi connectivity index (χ1) is 11.8. The van der Waals surface area contributed by atoms with Gasteiger partial charge in [0.25, 0.3) is 0 Å². The van der Waals surface area contributed by atoms with Crippen molar-refractivity contribution in [3.8, 4) is 0 Å². The molecule has 1 unspecified atom stereocenters. The minimum Gasteiger partial charge on any atom is -0.282 e. The molecule has 1 N–H and O–H groups in total. The molecule has 3 aromatic rings. The van der Waals surface area contributed by atoms with Gasteiger partial charge in [-0.2, -0.15) is 0 Å². The number of rotatable bonds is 4. The van der Waals surface area contributed by atoms with Gasteiger partial charge < -0.3 is 0 Å². The monoisotopic (exact) mass is 351 g/mol. The van der Waals surface area contributed by atoms with E-state index in [9.17, 15) is 0 Å². The molecule has 0 saturated carbocycles. The summed E-state index contributed by atoms with van der Waals surface area (Å²) in [7, 11) is 0. The summed E-state index contributed by atoms with van der Waals surface area (Å²) in [6, 6.07) is 12.6. The molecule has 24 heavy (non-hydrogen) atoms. The highest BCUT2D eigenvalue weighted by atomic mass is 32.2. The highest BCUT2D eigenvalue weighted by Gasteiger charge is 2.15. The van der Waals surface area contributed by atoms with E-state index >= 15 is 0 Å². The van der Waals surface area contributed by atoms with Gasteiger partial charge in [-0.15, -0.1) is 11.3 Å². The largest absolute Gasteiger partial charge is 0.282 e. The van der Waals surface area contributed by atoms with Crippen LogP contribution < -0.4 is 5.32 Å². The predicted octanol–water partition coefficient (Wildman–Crippen LogP) is 4.84. The number of hydrogen-bond donors (Lipinski definition) is 1. The molecule has 0 amide bonds. The van der Waals surface area contributed by atoms with Gasteiger partial charge in [0.2, 0.25) is 0 Å². The number of allylic oxidation sites excluding steroid dienone is 1. The minimum atomic E-state index is 0.0971. The molecular weight excluding hydrogens is 334 g/mol. The van der Waals surface area contributed by atoms with E-state index < -0.39 is 0 Å². The number of fused-ring (bicyclic) bond motifs is 1. The summed E-state index contributed by atoms with van der Waals surface area (Å²) in [5, 5.41) is 6.79. The topological polar surface area (TPSA) is 37.3 Å². The van der Waals surface area contributed by atoms with Gasteiger partial charge in [0.1, 0.15) is 0 Å². The van der Waals surface area contributed by atoms with Gasteiger partial charge in [0, 0.05) is 34.1 Å². The van der Waals surface area contributed by atoms with Gasteiger partial charge in [-0.3, -0.25) is 15.3 Å². The molecule has 1 aliphatic rings. The lowest BCUT2D eigenvalue weighted by atomic mass is 10.1. The Morgan fingerprint density at radius 3 is 3.08 bits per heavy atom. The van der Waals surface area contributed by atoms with Gasteiger partial charge in [-0.25, -0.2) is 0 Å². The number of thioether (sulfide) groups is 1. The third-order valence-electron chi connectivity index (χ3n) is 3.93. The summed E-state index contributed by atoms with van der Waals surface area (Å²) in [6.07, 6.45) is 5.96. The van der Waals surface area contributed by atoms with Gasteiger partial charge in [0.15, 0.2) is 5.50 Å². The van der Waals surface area contributed by atoms with E-state index in [4.69, 9.17) is 0 Å². The average Bonchev–Trinajstić information content (AvgIpc) is 3.22.